The minimum absolute atomic E-state index is 0.0943. The molecule has 2 aromatic carbocycles. The number of thioether (sulfide) groups is 1. The molecule has 1 aromatic heterocycles. The van der Waals surface area contributed by atoms with E-state index in [2.05, 4.69) is 21.5 Å². The second-order valence-corrected chi connectivity index (χ2v) is 6.84. The van der Waals surface area contributed by atoms with Crippen LogP contribution in [0.25, 0.3) is 11.4 Å². The van der Waals surface area contributed by atoms with E-state index in [9.17, 15) is 8.78 Å². The van der Waals surface area contributed by atoms with Crippen molar-refractivity contribution < 1.29 is 13.5 Å². The van der Waals surface area contributed by atoms with Gasteiger partial charge in [-0.2, -0.15) is 8.78 Å². The van der Waals surface area contributed by atoms with Gasteiger partial charge < -0.3 is 4.74 Å². The Morgan fingerprint density at radius 2 is 1.89 bits per heavy atom. The lowest BCUT2D eigenvalue weighted by molar-refractivity contribution is -0.0498. The van der Waals surface area contributed by atoms with Crippen molar-refractivity contribution in [1.29, 1.82) is 0 Å². The fourth-order valence-electron chi connectivity index (χ4n) is 2.45. The van der Waals surface area contributed by atoms with Crippen LogP contribution in [0.2, 0.25) is 5.02 Å². The van der Waals surface area contributed by atoms with E-state index in [-0.39, 0.29) is 5.75 Å². The van der Waals surface area contributed by atoms with Crippen molar-refractivity contribution in [1.82, 2.24) is 14.8 Å². The summed E-state index contributed by atoms with van der Waals surface area (Å²) in [6.45, 7) is 1.44. The molecule has 0 saturated carbocycles. The maximum Gasteiger partial charge on any atom is 0.387 e. The van der Waals surface area contributed by atoms with Crippen molar-refractivity contribution in [3.05, 3.63) is 71.8 Å². The van der Waals surface area contributed by atoms with E-state index in [1.807, 2.05) is 28.8 Å². The molecule has 8 heteroatoms. The molecule has 0 unspecified atom stereocenters. The Kier molecular flexibility index (Phi) is 6.47. The molecule has 27 heavy (non-hydrogen) atoms. The van der Waals surface area contributed by atoms with E-state index in [1.54, 1.807) is 18.2 Å². The van der Waals surface area contributed by atoms with Gasteiger partial charge in [0.15, 0.2) is 11.0 Å². The van der Waals surface area contributed by atoms with E-state index in [0.29, 0.717) is 23.1 Å². The summed E-state index contributed by atoms with van der Waals surface area (Å²) in [6.07, 6.45) is 1.75. The number of alkyl halides is 2. The van der Waals surface area contributed by atoms with Crippen molar-refractivity contribution in [3.8, 4) is 17.1 Å². The monoisotopic (exact) mass is 407 g/mol. The fraction of sp³-hybridized carbons (Fsp3) is 0.158. The van der Waals surface area contributed by atoms with E-state index in [4.69, 9.17) is 11.6 Å². The van der Waals surface area contributed by atoms with E-state index in [0.717, 1.165) is 16.3 Å². The predicted octanol–water partition coefficient (Wildman–Crippen LogP) is 5.68. The zero-order valence-corrected chi connectivity index (χ0v) is 15.8. The molecule has 4 nitrogen and oxygen atoms in total. The summed E-state index contributed by atoms with van der Waals surface area (Å²) in [7, 11) is 0. The quantitative estimate of drug-likeness (QED) is 0.356. The third-order valence-corrected chi connectivity index (χ3v) is 5.07. The lowest BCUT2D eigenvalue weighted by Crippen LogP contribution is -2.02. The van der Waals surface area contributed by atoms with Crippen LogP contribution in [0.4, 0.5) is 8.78 Å². The lowest BCUT2D eigenvalue weighted by Gasteiger charge is -2.09. The van der Waals surface area contributed by atoms with E-state index in [1.165, 1.54) is 23.9 Å². The van der Waals surface area contributed by atoms with Crippen LogP contribution in [-0.2, 0) is 12.3 Å². The number of allylic oxidation sites excluding steroid dienone is 1. The molecule has 3 aromatic rings. The number of aromatic nitrogens is 3. The van der Waals surface area contributed by atoms with Gasteiger partial charge in [-0.1, -0.05) is 47.6 Å². The molecule has 0 aliphatic heterocycles. The smallest absolute Gasteiger partial charge is 0.387 e. The summed E-state index contributed by atoms with van der Waals surface area (Å²) < 4.78 is 30.9. The molecule has 0 atom stereocenters. The molecule has 0 aliphatic rings. The normalized spacial score (nSPS) is 11.0. The minimum Gasteiger partial charge on any atom is -0.435 e. The Morgan fingerprint density at radius 1 is 1.15 bits per heavy atom. The van der Waals surface area contributed by atoms with Crippen LogP contribution >= 0.6 is 23.4 Å². The first-order chi connectivity index (χ1) is 13.1. The number of rotatable bonds is 8. The van der Waals surface area contributed by atoms with E-state index >= 15 is 0 Å². The SMILES string of the molecule is C=CCn1c(SCc2ccccc2Cl)nnc1-c1ccc(OC(F)F)cc1. The average Bonchev–Trinajstić information content (AvgIpc) is 3.04. The molecule has 0 amide bonds. The van der Waals surface area contributed by atoms with Crippen molar-refractivity contribution >= 4 is 23.4 Å². The molecular weight excluding hydrogens is 392 g/mol. The van der Waals surface area contributed by atoms with Gasteiger partial charge in [-0.15, -0.1) is 16.8 Å². The Hall–Kier alpha value is -2.38. The van der Waals surface area contributed by atoms with Gasteiger partial charge in [0.05, 0.1) is 0 Å². The highest BCUT2D eigenvalue weighted by Crippen LogP contribution is 2.29. The molecule has 0 bridgehead atoms. The van der Waals surface area contributed by atoms with Crippen molar-refractivity contribution in [2.24, 2.45) is 0 Å². The number of hydrogen-bond acceptors (Lipinski definition) is 4. The Morgan fingerprint density at radius 3 is 2.56 bits per heavy atom. The van der Waals surface area contributed by atoms with Crippen LogP contribution in [0.1, 0.15) is 5.56 Å². The highest BCUT2D eigenvalue weighted by atomic mass is 35.5. The third kappa shape index (κ3) is 4.87. The van der Waals surface area contributed by atoms with Crippen molar-refractivity contribution in [3.63, 3.8) is 0 Å². The molecule has 0 radical (unpaired) electrons. The van der Waals surface area contributed by atoms with Gasteiger partial charge >= 0.3 is 6.61 Å². The molecule has 140 valence electrons. The summed E-state index contributed by atoms with van der Waals surface area (Å²) in [5.41, 5.74) is 1.75. The van der Waals surface area contributed by atoms with Gasteiger partial charge in [0, 0.05) is 22.9 Å². The second kappa shape index (κ2) is 9.01. The number of benzene rings is 2. The van der Waals surface area contributed by atoms with Crippen LogP contribution in [0.3, 0.4) is 0 Å². The van der Waals surface area contributed by atoms with Gasteiger partial charge in [-0.3, -0.25) is 4.57 Å². The molecule has 0 N–H and O–H groups in total. The van der Waals surface area contributed by atoms with Crippen molar-refractivity contribution in [2.45, 2.75) is 24.1 Å². The van der Waals surface area contributed by atoms with Gasteiger partial charge in [-0.05, 0) is 35.9 Å². The molecule has 1 heterocycles. The summed E-state index contributed by atoms with van der Waals surface area (Å²) in [4.78, 5) is 0. The fourth-order valence-corrected chi connectivity index (χ4v) is 3.68. The average molecular weight is 408 g/mol. The highest BCUT2D eigenvalue weighted by Gasteiger charge is 2.15. The molecular formula is C19H16ClF2N3OS. The summed E-state index contributed by atoms with van der Waals surface area (Å²) in [5.74, 6) is 1.37. The predicted molar refractivity (Wildman–Crippen MR) is 103 cm³/mol. The minimum atomic E-state index is -2.85. The Balaban J connectivity index is 1.82. The van der Waals surface area contributed by atoms with Crippen LogP contribution in [0.5, 0.6) is 5.75 Å². The van der Waals surface area contributed by atoms with Crippen LogP contribution in [0, 0.1) is 0 Å². The lowest BCUT2D eigenvalue weighted by atomic mass is 10.2. The number of hydrogen-bond donors (Lipinski definition) is 0. The number of ether oxygens (including phenoxy) is 1. The van der Waals surface area contributed by atoms with E-state index < -0.39 is 6.61 Å². The summed E-state index contributed by atoms with van der Waals surface area (Å²) in [6, 6.07) is 13.9. The maximum absolute atomic E-state index is 12.3. The third-order valence-electron chi connectivity index (χ3n) is 3.68. The van der Waals surface area contributed by atoms with Crippen LogP contribution < -0.4 is 4.74 Å². The maximum atomic E-state index is 12.3. The first kappa shape index (κ1) is 19.4. The first-order valence-corrected chi connectivity index (χ1v) is 9.40. The zero-order valence-electron chi connectivity index (χ0n) is 14.2. The van der Waals surface area contributed by atoms with Crippen LogP contribution in [0.15, 0.2) is 66.3 Å². The molecule has 0 fully saturated rings. The Bertz CT molecular complexity index is 916. The first-order valence-electron chi connectivity index (χ1n) is 8.04. The highest BCUT2D eigenvalue weighted by molar-refractivity contribution is 7.98. The van der Waals surface area contributed by atoms with Gasteiger partial charge in [0.1, 0.15) is 5.75 Å². The van der Waals surface area contributed by atoms with Gasteiger partial charge in [-0.25, -0.2) is 0 Å². The van der Waals surface area contributed by atoms with Crippen molar-refractivity contribution in [2.75, 3.05) is 0 Å². The Labute approximate surface area is 164 Å². The number of halogens is 3. The number of nitrogens with zero attached hydrogens (tertiary/aromatic N) is 3. The standard InChI is InChI=1S/C19H16ClF2N3OS/c1-2-11-25-17(13-7-9-15(10-8-13)26-18(21)22)23-24-19(25)27-12-14-5-3-4-6-16(14)20/h2-10,18H,1,11-12H2. The second-order valence-electron chi connectivity index (χ2n) is 5.49. The van der Waals surface area contributed by atoms with Gasteiger partial charge in [0.2, 0.25) is 0 Å². The summed E-state index contributed by atoms with van der Waals surface area (Å²) in [5, 5.41) is 9.94. The molecule has 3 rings (SSSR count). The zero-order chi connectivity index (χ0) is 19.2. The summed E-state index contributed by atoms with van der Waals surface area (Å²) >= 11 is 7.72. The van der Waals surface area contributed by atoms with Crippen LogP contribution in [-0.4, -0.2) is 21.4 Å². The van der Waals surface area contributed by atoms with Gasteiger partial charge in [0.25, 0.3) is 0 Å². The molecule has 0 spiro atoms. The molecule has 0 aliphatic carbocycles. The topological polar surface area (TPSA) is 39.9 Å². The molecule has 0 saturated heterocycles. The largest absolute Gasteiger partial charge is 0.435 e.